The highest BCUT2D eigenvalue weighted by molar-refractivity contribution is 5.92. The zero-order valence-electron chi connectivity index (χ0n) is 12.8. The van der Waals surface area contributed by atoms with Crippen molar-refractivity contribution in [3.8, 4) is 0 Å². The molecule has 0 aromatic carbocycles. The minimum atomic E-state index is 0.123. The van der Waals surface area contributed by atoms with Crippen molar-refractivity contribution in [1.29, 1.82) is 0 Å². The summed E-state index contributed by atoms with van der Waals surface area (Å²) in [7, 11) is 1.96. The van der Waals surface area contributed by atoms with Crippen LogP contribution < -0.4 is 5.32 Å². The zero-order valence-corrected chi connectivity index (χ0v) is 12.8. The van der Waals surface area contributed by atoms with E-state index < -0.39 is 0 Å². The summed E-state index contributed by atoms with van der Waals surface area (Å²) in [6.45, 7) is 4.04. The standard InChI is InChI=1S/C16H24N4O/c1-19-14(12-2-3-12)10-13(18-19)15(21)20-8-5-16(6-9-20)4-7-17-11-16/h10,12,17H,2-9,11H2,1H3. The number of aryl methyl sites for hydroxylation is 1. The summed E-state index contributed by atoms with van der Waals surface area (Å²) in [6, 6.07) is 2.02. The van der Waals surface area contributed by atoms with Gasteiger partial charge in [0.05, 0.1) is 0 Å². The van der Waals surface area contributed by atoms with Gasteiger partial charge in [-0.15, -0.1) is 0 Å². The van der Waals surface area contributed by atoms with Gasteiger partial charge in [-0.2, -0.15) is 5.10 Å². The number of carbonyl (C=O) groups is 1. The average molecular weight is 288 g/mol. The fourth-order valence-electron chi connectivity index (χ4n) is 3.92. The van der Waals surface area contributed by atoms with Crippen molar-refractivity contribution < 1.29 is 4.79 Å². The molecule has 1 spiro atoms. The van der Waals surface area contributed by atoms with Crippen LogP contribution in [0.2, 0.25) is 0 Å². The second-order valence-electron chi connectivity index (χ2n) is 7.07. The highest BCUT2D eigenvalue weighted by Gasteiger charge is 2.38. The number of nitrogens with zero attached hydrogens (tertiary/aromatic N) is 3. The number of carbonyl (C=O) groups excluding carboxylic acids is 1. The van der Waals surface area contributed by atoms with E-state index in [0.717, 1.165) is 39.0 Å². The fourth-order valence-corrected chi connectivity index (χ4v) is 3.92. The van der Waals surface area contributed by atoms with E-state index in [0.29, 0.717) is 17.0 Å². The van der Waals surface area contributed by atoms with Crippen molar-refractivity contribution in [2.24, 2.45) is 12.5 Å². The lowest BCUT2D eigenvalue weighted by molar-refractivity contribution is 0.0601. The molecule has 2 aliphatic heterocycles. The van der Waals surface area contributed by atoms with Crippen LogP contribution in [0, 0.1) is 5.41 Å². The van der Waals surface area contributed by atoms with E-state index in [4.69, 9.17) is 0 Å². The summed E-state index contributed by atoms with van der Waals surface area (Å²) in [5.41, 5.74) is 2.33. The van der Waals surface area contributed by atoms with E-state index in [1.807, 2.05) is 22.7 Å². The van der Waals surface area contributed by atoms with E-state index >= 15 is 0 Å². The fraction of sp³-hybridized carbons (Fsp3) is 0.750. The molecule has 114 valence electrons. The summed E-state index contributed by atoms with van der Waals surface area (Å²) in [5, 5.41) is 7.92. The molecule has 4 rings (SSSR count). The summed E-state index contributed by atoms with van der Waals surface area (Å²) in [5.74, 6) is 0.761. The van der Waals surface area contributed by atoms with Crippen LogP contribution in [0.15, 0.2) is 6.07 Å². The van der Waals surface area contributed by atoms with E-state index in [9.17, 15) is 4.79 Å². The van der Waals surface area contributed by atoms with Gasteiger partial charge < -0.3 is 10.2 Å². The summed E-state index contributed by atoms with van der Waals surface area (Å²) in [6.07, 6.45) is 6.02. The molecule has 1 N–H and O–H groups in total. The molecule has 3 fully saturated rings. The van der Waals surface area contributed by atoms with Gasteiger partial charge in [-0.25, -0.2) is 0 Å². The van der Waals surface area contributed by atoms with Gasteiger partial charge in [0.15, 0.2) is 5.69 Å². The van der Waals surface area contributed by atoms with Gasteiger partial charge in [0.2, 0.25) is 0 Å². The van der Waals surface area contributed by atoms with Crippen molar-refractivity contribution in [3.05, 3.63) is 17.5 Å². The number of rotatable bonds is 2. The highest BCUT2D eigenvalue weighted by Crippen LogP contribution is 2.40. The number of piperidine rings is 1. The second-order valence-corrected chi connectivity index (χ2v) is 7.07. The molecule has 5 nitrogen and oxygen atoms in total. The van der Waals surface area contributed by atoms with Crippen molar-refractivity contribution in [2.75, 3.05) is 26.2 Å². The molecule has 1 saturated carbocycles. The van der Waals surface area contributed by atoms with Crippen LogP contribution in [0.3, 0.4) is 0 Å². The molecule has 1 aromatic rings. The van der Waals surface area contributed by atoms with Crippen LogP contribution in [-0.4, -0.2) is 46.8 Å². The first-order chi connectivity index (χ1) is 10.2. The van der Waals surface area contributed by atoms with Gasteiger partial charge in [0.25, 0.3) is 5.91 Å². The van der Waals surface area contributed by atoms with E-state index in [1.54, 1.807) is 0 Å². The van der Waals surface area contributed by atoms with E-state index in [2.05, 4.69) is 10.4 Å². The first-order valence-electron chi connectivity index (χ1n) is 8.21. The Kier molecular flexibility index (Phi) is 3.06. The first-order valence-corrected chi connectivity index (χ1v) is 8.21. The Bertz CT molecular complexity index is 545. The molecule has 0 unspecified atom stereocenters. The molecule has 21 heavy (non-hydrogen) atoms. The molecule has 3 heterocycles. The molecule has 1 aliphatic carbocycles. The highest BCUT2D eigenvalue weighted by atomic mass is 16.2. The van der Waals surface area contributed by atoms with Crippen LogP contribution in [-0.2, 0) is 7.05 Å². The molecule has 0 atom stereocenters. The lowest BCUT2D eigenvalue weighted by Gasteiger charge is -2.38. The average Bonchev–Trinajstić information content (AvgIpc) is 3.12. The number of hydrogen-bond donors (Lipinski definition) is 1. The third-order valence-electron chi connectivity index (χ3n) is 5.57. The maximum absolute atomic E-state index is 12.6. The molecule has 1 aromatic heterocycles. The summed E-state index contributed by atoms with van der Waals surface area (Å²) >= 11 is 0. The number of hydrogen-bond acceptors (Lipinski definition) is 3. The molecule has 2 saturated heterocycles. The van der Waals surface area contributed by atoms with Crippen LogP contribution in [0.5, 0.6) is 0 Å². The molecular formula is C16H24N4O. The van der Waals surface area contributed by atoms with Gasteiger partial charge >= 0.3 is 0 Å². The molecule has 0 bridgehead atoms. The molecule has 5 heteroatoms. The van der Waals surface area contributed by atoms with Gasteiger partial charge in [-0.1, -0.05) is 0 Å². The van der Waals surface area contributed by atoms with Gasteiger partial charge in [-0.05, 0) is 50.1 Å². The predicted octanol–water partition coefficient (Wildman–Crippen LogP) is 1.51. The Morgan fingerprint density at radius 3 is 2.71 bits per heavy atom. The normalized spacial score (nSPS) is 24.7. The minimum absolute atomic E-state index is 0.123. The Morgan fingerprint density at radius 2 is 2.10 bits per heavy atom. The zero-order chi connectivity index (χ0) is 14.4. The molecule has 3 aliphatic rings. The van der Waals surface area contributed by atoms with Crippen molar-refractivity contribution >= 4 is 5.91 Å². The third-order valence-corrected chi connectivity index (χ3v) is 5.57. The van der Waals surface area contributed by atoms with Crippen LogP contribution in [0.25, 0.3) is 0 Å². The quantitative estimate of drug-likeness (QED) is 0.897. The Hall–Kier alpha value is -1.36. The lowest BCUT2D eigenvalue weighted by Crippen LogP contribution is -2.44. The van der Waals surface area contributed by atoms with Crippen molar-refractivity contribution in [2.45, 2.75) is 38.0 Å². The largest absolute Gasteiger partial charge is 0.337 e. The third kappa shape index (κ3) is 2.37. The monoisotopic (exact) mass is 288 g/mol. The summed E-state index contributed by atoms with van der Waals surface area (Å²) in [4.78, 5) is 14.6. The maximum atomic E-state index is 12.6. The SMILES string of the molecule is Cn1nc(C(=O)N2CCC3(CCNC3)CC2)cc1C1CC1. The van der Waals surface area contributed by atoms with Gasteiger partial charge in [0, 0.05) is 38.3 Å². The molecule has 0 radical (unpaired) electrons. The number of amides is 1. The first kappa shape index (κ1) is 13.3. The van der Waals surface area contributed by atoms with Gasteiger partial charge in [0.1, 0.15) is 0 Å². The minimum Gasteiger partial charge on any atom is -0.337 e. The van der Waals surface area contributed by atoms with Crippen LogP contribution in [0.1, 0.15) is 54.2 Å². The van der Waals surface area contributed by atoms with E-state index in [-0.39, 0.29) is 5.91 Å². The van der Waals surface area contributed by atoms with Crippen molar-refractivity contribution in [1.82, 2.24) is 20.0 Å². The predicted molar refractivity (Wildman–Crippen MR) is 80.2 cm³/mol. The number of nitrogens with one attached hydrogen (secondary N) is 1. The Labute approximate surface area is 125 Å². The van der Waals surface area contributed by atoms with E-state index in [1.165, 1.54) is 25.0 Å². The smallest absolute Gasteiger partial charge is 0.274 e. The van der Waals surface area contributed by atoms with Crippen molar-refractivity contribution in [3.63, 3.8) is 0 Å². The number of aromatic nitrogens is 2. The maximum Gasteiger partial charge on any atom is 0.274 e. The Balaban J connectivity index is 1.44. The molecule has 1 amide bonds. The Morgan fingerprint density at radius 1 is 1.33 bits per heavy atom. The van der Waals surface area contributed by atoms with Gasteiger partial charge in [-0.3, -0.25) is 9.48 Å². The lowest BCUT2D eigenvalue weighted by atomic mass is 9.78. The van der Waals surface area contributed by atoms with Crippen LogP contribution in [0.4, 0.5) is 0 Å². The summed E-state index contributed by atoms with van der Waals surface area (Å²) < 4.78 is 1.90. The second kappa shape index (κ2) is 4.83. The topological polar surface area (TPSA) is 50.2 Å². The number of likely N-dealkylation sites (tertiary alicyclic amines) is 1. The molecular weight excluding hydrogens is 264 g/mol. The van der Waals surface area contributed by atoms with Crippen LogP contribution >= 0.6 is 0 Å².